The van der Waals surface area contributed by atoms with Crippen molar-refractivity contribution in [3.05, 3.63) is 52.7 Å². The summed E-state index contributed by atoms with van der Waals surface area (Å²) in [4.78, 5) is 30.5. The van der Waals surface area contributed by atoms with Gasteiger partial charge in [0.05, 0.1) is 11.9 Å². The molecule has 2 aromatic rings. The van der Waals surface area contributed by atoms with Gasteiger partial charge in [0.15, 0.2) is 0 Å². The van der Waals surface area contributed by atoms with E-state index in [2.05, 4.69) is 20.3 Å². The molecule has 0 saturated carbocycles. The maximum atomic E-state index is 12.3. The molecule has 1 saturated heterocycles. The minimum atomic E-state index is -0.0778. The van der Waals surface area contributed by atoms with Crippen molar-refractivity contribution in [1.29, 1.82) is 0 Å². The van der Waals surface area contributed by atoms with E-state index in [4.69, 9.17) is 0 Å². The molecule has 3 heterocycles. The molecule has 2 aromatic heterocycles. The number of pyridine rings is 1. The zero-order chi connectivity index (χ0) is 19.1. The van der Waals surface area contributed by atoms with Crippen LogP contribution in [-0.2, 0) is 17.8 Å². The number of nitrogens with zero attached hydrogens (tertiary/aromatic N) is 4. The summed E-state index contributed by atoms with van der Waals surface area (Å²) in [6.45, 7) is 4.80. The van der Waals surface area contributed by atoms with Crippen LogP contribution in [0.3, 0.4) is 0 Å². The molecule has 0 aliphatic carbocycles. The van der Waals surface area contributed by atoms with Crippen molar-refractivity contribution in [3.63, 3.8) is 0 Å². The third kappa shape index (κ3) is 5.39. The Labute approximate surface area is 159 Å². The van der Waals surface area contributed by atoms with Crippen LogP contribution >= 0.6 is 0 Å². The summed E-state index contributed by atoms with van der Waals surface area (Å²) >= 11 is 0. The molecule has 1 fully saturated rings. The first-order valence-corrected chi connectivity index (χ1v) is 9.63. The Bertz CT molecular complexity index is 806. The van der Waals surface area contributed by atoms with Crippen LogP contribution in [0.5, 0.6) is 0 Å². The molecule has 7 heteroatoms. The molecular formula is C20H27N5O2. The van der Waals surface area contributed by atoms with Gasteiger partial charge in [-0.3, -0.25) is 14.6 Å². The van der Waals surface area contributed by atoms with Crippen molar-refractivity contribution in [2.75, 3.05) is 24.5 Å². The van der Waals surface area contributed by atoms with Crippen LogP contribution in [0.15, 0.2) is 41.6 Å². The van der Waals surface area contributed by atoms with E-state index in [1.54, 1.807) is 24.7 Å². The minimum absolute atomic E-state index is 0.0778. The summed E-state index contributed by atoms with van der Waals surface area (Å²) in [6.07, 6.45) is 8.67. The highest BCUT2D eigenvalue weighted by Gasteiger charge is 2.23. The largest absolute Gasteiger partial charge is 0.370 e. The quantitative estimate of drug-likeness (QED) is 0.802. The van der Waals surface area contributed by atoms with Crippen molar-refractivity contribution in [1.82, 2.24) is 20.1 Å². The predicted octanol–water partition coefficient (Wildman–Crippen LogP) is 1.62. The van der Waals surface area contributed by atoms with Crippen molar-refractivity contribution in [2.45, 2.75) is 39.2 Å². The molecule has 1 aliphatic rings. The van der Waals surface area contributed by atoms with Gasteiger partial charge in [0.1, 0.15) is 0 Å². The standard InChI is InChI=1S/C20H27N5O2/c1-2-25-20(27)13-18(14-23-25)24-11-3-4-17(15-24)12-19(26)22-10-7-16-5-8-21-9-6-16/h5-6,8-9,13-14,17H,2-4,7,10-12,15H2,1H3,(H,22,26). The molecule has 1 atom stereocenters. The van der Waals surface area contributed by atoms with E-state index in [1.807, 2.05) is 19.1 Å². The van der Waals surface area contributed by atoms with E-state index in [1.165, 1.54) is 10.2 Å². The predicted molar refractivity (Wildman–Crippen MR) is 105 cm³/mol. The average molecular weight is 369 g/mol. The Hall–Kier alpha value is -2.70. The van der Waals surface area contributed by atoms with Crippen molar-refractivity contribution in [3.8, 4) is 0 Å². The van der Waals surface area contributed by atoms with Gasteiger partial charge >= 0.3 is 0 Å². The molecule has 27 heavy (non-hydrogen) atoms. The van der Waals surface area contributed by atoms with Crippen molar-refractivity contribution in [2.24, 2.45) is 5.92 Å². The summed E-state index contributed by atoms with van der Waals surface area (Å²) in [5.74, 6) is 0.392. The van der Waals surface area contributed by atoms with E-state index in [0.717, 1.165) is 38.0 Å². The molecule has 0 radical (unpaired) electrons. The van der Waals surface area contributed by atoms with Crippen LogP contribution in [0.1, 0.15) is 31.7 Å². The fourth-order valence-electron chi connectivity index (χ4n) is 3.53. The first-order chi connectivity index (χ1) is 13.2. The normalized spacial score (nSPS) is 16.9. The highest BCUT2D eigenvalue weighted by atomic mass is 16.1. The van der Waals surface area contributed by atoms with Crippen molar-refractivity contribution < 1.29 is 4.79 Å². The SMILES string of the molecule is CCn1ncc(N2CCCC(CC(=O)NCCc3ccncc3)C2)cc1=O. The van der Waals surface area contributed by atoms with E-state index in [-0.39, 0.29) is 11.5 Å². The first-order valence-electron chi connectivity index (χ1n) is 9.63. The minimum Gasteiger partial charge on any atom is -0.370 e. The number of piperidine rings is 1. The van der Waals surface area contributed by atoms with E-state index < -0.39 is 0 Å². The number of carbonyl (C=O) groups excluding carboxylic acids is 1. The monoisotopic (exact) mass is 369 g/mol. The van der Waals surface area contributed by atoms with Gasteiger partial charge in [-0.2, -0.15) is 5.10 Å². The number of amides is 1. The Morgan fingerprint density at radius 2 is 2.15 bits per heavy atom. The molecule has 1 aliphatic heterocycles. The lowest BCUT2D eigenvalue weighted by atomic mass is 9.94. The number of anilines is 1. The van der Waals surface area contributed by atoms with Crippen LogP contribution in [0.4, 0.5) is 5.69 Å². The molecule has 3 rings (SSSR count). The Morgan fingerprint density at radius 3 is 2.89 bits per heavy atom. The lowest BCUT2D eigenvalue weighted by Crippen LogP contribution is -2.39. The average Bonchev–Trinajstić information content (AvgIpc) is 2.69. The number of carbonyl (C=O) groups is 1. The van der Waals surface area contributed by atoms with Gasteiger partial charge in [-0.15, -0.1) is 0 Å². The Morgan fingerprint density at radius 1 is 1.33 bits per heavy atom. The maximum Gasteiger partial charge on any atom is 0.268 e. The summed E-state index contributed by atoms with van der Waals surface area (Å²) in [5.41, 5.74) is 1.95. The molecule has 1 unspecified atom stereocenters. The van der Waals surface area contributed by atoms with Gasteiger partial charge in [-0.1, -0.05) is 0 Å². The molecule has 0 spiro atoms. The van der Waals surface area contributed by atoms with Crippen LogP contribution < -0.4 is 15.8 Å². The summed E-state index contributed by atoms with van der Waals surface area (Å²) in [6, 6.07) is 5.57. The summed E-state index contributed by atoms with van der Waals surface area (Å²) < 4.78 is 1.45. The van der Waals surface area contributed by atoms with Crippen LogP contribution in [-0.4, -0.2) is 40.3 Å². The zero-order valence-electron chi connectivity index (χ0n) is 15.8. The Kier molecular flexibility index (Phi) is 6.57. The van der Waals surface area contributed by atoms with Gasteiger partial charge in [-0.25, -0.2) is 4.68 Å². The zero-order valence-corrected chi connectivity index (χ0v) is 15.8. The highest BCUT2D eigenvalue weighted by Crippen LogP contribution is 2.23. The lowest BCUT2D eigenvalue weighted by molar-refractivity contribution is -0.122. The number of hydrogen-bond acceptors (Lipinski definition) is 5. The van der Waals surface area contributed by atoms with Gasteiger partial charge in [0.25, 0.3) is 5.56 Å². The number of rotatable bonds is 7. The fourth-order valence-corrected chi connectivity index (χ4v) is 3.53. The highest BCUT2D eigenvalue weighted by molar-refractivity contribution is 5.76. The fraction of sp³-hybridized carbons (Fsp3) is 0.500. The van der Waals surface area contributed by atoms with Crippen LogP contribution in [0.2, 0.25) is 0 Å². The first kappa shape index (κ1) is 19.1. The second-order valence-corrected chi connectivity index (χ2v) is 6.98. The number of aromatic nitrogens is 3. The van der Waals surface area contributed by atoms with Crippen LogP contribution in [0, 0.1) is 5.92 Å². The third-order valence-electron chi connectivity index (χ3n) is 5.00. The van der Waals surface area contributed by atoms with Gasteiger partial charge in [-0.05, 0) is 49.8 Å². The van der Waals surface area contributed by atoms with Gasteiger partial charge < -0.3 is 10.2 Å². The Balaban J connectivity index is 1.48. The lowest BCUT2D eigenvalue weighted by Gasteiger charge is -2.34. The summed E-state index contributed by atoms with van der Waals surface area (Å²) in [7, 11) is 0. The molecule has 144 valence electrons. The molecular weight excluding hydrogens is 342 g/mol. The number of aryl methyl sites for hydroxylation is 1. The second kappa shape index (κ2) is 9.30. The van der Waals surface area contributed by atoms with Gasteiger partial charge in [0.2, 0.25) is 5.91 Å². The van der Waals surface area contributed by atoms with E-state index >= 15 is 0 Å². The molecule has 0 bridgehead atoms. The smallest absolute Gasteiger partial charge is 0.268 e. The van der Waals surface area contributed by atoms with Gasteiger partial charge in [0, 0.05) is 51.1 Å². The second-order valence-electron chi connectivity index (χ2n) is 6.98. The molecule has 1 amide bonds. The van der Waals surface area contributed by atoms with Crippen molar-refractivity contribution >= 4 is 11.6 Å². The summed E-state index contributed by atoms with van der Waals surface area (Å²) in [5, 5.41) is 7.22. The topological polar surface area (TPSA) is 80.1 Å². The molecule has 7 nitrogen and oxygen atoms in total. The van der Waals surface area contributed by atoms with Crippen LogP contribution in [0.25, 0.3) is 0 Å². The maximum absolute atomic E-state index is 12.3. The molecule has 1 N–H and O–H groups in total. The van der Waals surface area contributed by atoms with E-state index in [0.29, 0.717) is 25.4 Å². The number of nitrogens with one attached hydrogen (secondary N) is 1. The molecule has 0 aromatic carbocycles. The number of hydrogen-bond donors (Lipinski definition) is 1. The third-order valence-corrected chi connectivity index (χ3v) is 5.00. The van der Waals surface area contributed by atoms with E-state index in [9.17, 15) is 9.59 Å².